The number of carbonyl (C=O) groups is 1. The van der Waals surface area contributed by atoms with Gasteiger partial charge in [-0.3, -0.25) is 10.1 Å². The van der Waals surface area contributed by atoms with Gasteiger partial charge in [0, 0.05) is 43.1 Å². The van der Waals surface area contributed by atoms with E-state index in [-0.39, 0.29) is 11.0 Å². The predicted molar refractivity (Wildman–Crippen MR) is 131 cm³/mol. The van der Waals surface area contributed by atoms with E-state index in [1.165, 1.54) is 27.0 Å². The summed E-state index contributed by atoms with van der Waals surface area (Å²) in [5.41, 5.74) is 2.32. The lowest BCUT2D eigenvalue weighted by atomic mass is 10.1. The van der Waals surface area contributed by atoms with E-state index in [9.17, 15) is 4.79 Å². The lowest BCUT2D eigenvalue weighted by Crippen LogP contribution is -2.46. The van der Waals surface area contributed by atoms with E-state index in [4.69, 9.17) is 26.4 Å². The SMILES string of the molecule is CCN1CCN(c2ccc(NC(=S)NC(=O)c3cc(OC)c(OC)c(OC)c3)cc2)CC1. The average Bonchev–Trinajstić information content (AvgIpc) is 2.83. The van der Waals surface area contributed by atoms with E-state index in [1.54, 1.807) is 12.1 Å². The van der Waals surface area contributed by atoms with Gasteiger partial charge >= 0.3 is 0 Å². The molecule has 32 heavy (non-hydrogen) atoms. The molecule has 1 aliphatic rings. The number of nitrogens with zero attached hydrogens (tertiary/aromatic N) is 2. The average molecular weight is 459 g/mol. The van der Waals surface area contributed by atoms with Crippen LogP contribution in [0.4, 0.5) is 11.4 Å². The summed E-state index contributed by atoms with van der Waals surface area (Å²) < 4.78 is 15.9. The van der Waals surface area contributed by atoms with Gasteiger partial charge in [-0.1, -0.05) is 6.92 Å². The normalized spacial score (nSPS) is 13.9. The number of methoxy groups -OCH3 is 3. The number of hydrogen-bond acceptors (Lipinski definition) is 7. The standard InChI is InChI=1S/C23H30N4O4S/c1-5-26-10-12-27(13-11-26)18-8-6-17(7-9-18)24-23(32)25-22(28)16-14-19(29-2)21(31-4)20(15-16)30-3/h6-9,14-15H,5,10-13H2,1-4H3,(H2,24,25,28,32). The second-order valence-corrected chi connectivity index (χ2v) is 7.70. The number of nitrogens with one attached hydrogen (secondary N) is 2. The fraction of sp³-hybridized carbons (Fsp3) is 0.391. The van der Waals surface area contributed by atoms with E-state index in [1.807, 2.05) is 12.1 Å². The Labute approximate surface area is 194 Å². The fourth-order valence-corrected chi connectivity index (χ4v) is 3.84. The van der Waals surface area contributed by atoms with Crippen molar-refractivity contribution in [2.45, 2.75) is 6.92 Å². The van der Waals surface area contributed by atoms with Gasteiger partial charge in [0.25, 0.3) is 5.91 Å². The molecule has 172 valence electrons. The summed E-state index contributed by atoms with van der Waals surface area (Å²) in [5.74, 6) is 0.827. The summed E-state index contributed by atoms with van der Waals surface area (Å²) in [5, 5.41) is 5.94. The third kappa shape index (κ3) is 5.60. The Morgan fingerprint density at radius 3 is 2.06 bits per heavy atom. The number of benzene rings is 2. The summed E-state index contributed by atoms with van der Waals surface area (Å²) in [6, 6.07) is 11.2. The molecule has 0 aromatic heterocycles. The lowest BCUT2D eigenvalue weighted by Gasteiger charge is -2.35. The second-order valence-electron chi connectivity index (χ2n) is 7.29. The molecular weight excluding hydrogens is 428 g/mol. The summed E-state index contributed by atoms with van der Waals surface area (Å²) in [4.78, 5) is 17.5. The highest BCUT2D eigenvalue weighted by molar-refractivity contribution is 7.80. The Balaban J connectivity index is 1.60. The van der Waals surface area contributed by atoms with E-state index in [0.717, 1.165) is 38.4 Å². The zero-order valence-corrected chi connectivity index (χ0v) is 19.8. The number of thiocarbonyl (C=S) groups is 1. The number of likely N-dealkylation sites (N-methyl/N-ethyl adjacent to an activating group) is 1. The third-order valence-corrected chi connectivity index (χ3v) is 5.67. The Hall–Kier alpha value is -3.04. The van der Waals surface area contributed by atoms with Gasteiger partial charge in [-0.2, -0.15) is 0 Å². The predicted octanol–water partition coefficient (Wildman–Crippen LogP) is 2.98. The molecule has 0 radical (unpaired) electrons. The zero-order chi connectivity index (χ0) is 23.1. The van der Waals surface area contributed by atoms with Crippen LogP contribution in [0.2, 0.25) is 0 Å². The van der Waals surface area contributed by atoms with Crippen LogP contribution in [0, 0.1) is 0 Å². The number of amides is 1. The summed E-state index contributed by atoms with van der Waals surface area (Å²) in [7, 11) is 4.51. The molecule has 2 N–H and O–H groups in total. The fourth-order valence-electron chi connectivity index (χ4n) is 3.63. The molecule has 0 bridgehead atoms. The molecule has 3 rings (SSSR count). The van der Waals surface area contributed by atoms with E-state index in [0.29, 0.717) is 22.8 Å². The number of piperazine rings is 1. The van der Waals surface area contributed by atoms with Gasteiger partial charge in [-0.25, -0.2) is 0 Å². The highest BCUT2D eigenvalue weighted by Gasteiger charge is 2.18. The Bertz CT molecular complexity index is 919. The Morgan fingerprint density at radius 1 is 0.969 bits per heavy atom. The van der Waals surface area contributed by atoms with E-state index in [2.05, 4.69) is 39.5 Å². The van der Waals surface area contributed by atoms with Crippen molar-refractivity contribution >= 4 is 34.6 Å². The number of anilines is 2. The minimum atomic E-state index is -0.382. The van der Waals surface area contributed by atoms with Crippen molar-refractivity contribution in [3.63, 3.8) is 0 Å². The highest BCUT2D eigenvalue weighted by Crippen LogP contribution is 2.38. The molecular formula is C23H30N4O4S. The summed E-state index contributed by atoms with van der Waals surface area (Å²) in [6.07, 6.45) is 0. The molecule has 1 amide bonds. The first-order valence-corrected chi connectivity index (χ1v) is 10.9. The van der Waals surface area contributed by atoms with E-state index < -0.39 is 0 Å². The van der Waals surface area contributed by atoms with Crippen LogP contribution in [-0.2, 0) is 0 Å². The van der Waals surface area contributed by atoms with Crippen LogP contribution in [0.25, 0.3) is 0 Å². The molecule has 0 spiro atoms. The molecule has 0 saturated carbocycles. The van der Waals surface area contributed by atoms with Crippen LogP contribution < -0.4 is 29.7 Å². The third-order valence-electron chi connectivity index (χ3n) is 5.46. The van der Waals surface area contributed by atoms with Crippen molar-refractivity contribution in [2.75, 3.05) is 64.3 Å². The number of carbonyl (C=O) groups excluding carboxylic acids is 1. The second kappa shape index (κ2) is 11.0. The molecule has 0 aliphatic carbocycles. The maximum absolute atomic E-state index is 12.7. The van der Waals surface area contributed by atoms with Crippen molar-refractivity contribution in [3.05, 3.63) is 42.0 Å². The molecule has 2 aromatic rings. The number of hydrogen-bond donors (Lipinski definition) is 2. The quantitative estimate of drug-likeness (QED) is 0.614. The van der Waals surface area contributed by atoms with Crippen LogP contribution in [0.15, 0.2) is 36.4 Å². The summed E-state index contributed by atoms with van der Waals surface area (Å²) in [6.45, 7) is 7.48. The first-order chi connectivity index (χ1) is 15.5. The number of rotatable bonds is 7. The van der Waals surface area contributed by atoms with Crippen LogP contribution in [0.1, 0.15) is 17.3 Å². The smallest absolute Gasteiger partial charge is 0.257 e. The van der Waals surface area contributed by atoms with Crippen LogP contribution in [0.3, 0.4) is 0 Å². The van der Waals surface area contributed by atoms with E-state index >= 15 is 0 Å². The maximum Gasteiger partial charge on any atom is 0.257 e. The van der Waals surface area contributed by atoms with Gasteiger partial charge in [-0.15, -0.1) is 0 Å². The molecule has 2 aromatic carbocycles. The molecule has 8 nitrogen and oxygen atoms in total. The lowest BCUT2D eigenvalue weighted by molar-refractivity contribution is 0.0977. The van der Waals surface area contributed by atoms with Gasteiger partial charge in [0.05, 0.1) is 21.3 Å². The van der Waals surface area contributed by atoms with Crippen molar-refractivity contribution in [3.8, 4) is 17.2 Å². The van der Waals surface area contributed by atoms with Gasteiger partial charge in [0.15, 0.2) is 16.6 Å². The zero-order valence-electron chi connectivity index (χ0n) is 18.9. The van der Waals surface area contributed by atoms with Gasteiger partial charge in [0.1, 0.15) is 0 Å². The molecule has 1 fully saturated rings. The monoisotopic (exact) mass is 458 g/mol. The van der Waals surface area contributed by atoms with Crippen LogP contribution in [-0.4, -0.2) is 70.0 Å². The van der Waals surface area contributed by atoms with Crippen LogP contribution in [0.5, 0.6) is 17.2 Å². The van der Waals surface area contributed by atoms with Crippen molar-refractivity contribution < 1.29 is 19.0 Å². The molecule has 9 heteroatoms. The van der Waals surface area contributed by atoms with Gasteiger partial charge in [0.2, 0.25) is 5.75 Å². The molecule has 0 atom stereocenters. The largest absolute Gasteiger partial charge is 0.493 e. The Kier molecular flexibility index (Phi) is 8.13. The molecule has 1 saturated heterocycles. The minimum absolute atomic E-state index is 0.202. The van der Waals surface area contributed by atoms with Crippen molar-refractivity contribution in [1.29, 1.82) is 0 Å². The molecule has 1 heterocycles. The number of ether oxygens (including phenoxy) is 3. The highest BCUT2D eigenvalue weighted by atomic mass is 32.1. The Morgan fingerprint density at radius 2 is 1.56 bits per heavy atom. The maximum atomic E-state index is 12.7. The van der Waals surface area contributed by atoms with Gasteiger partial charge < -0.3 is 29.3 Å². The van der Waals surface area contributed by atoms with Crippen LogP contribution >= 0.6 is 12.2 Å². The molecule has 0 unspecified atom stereocenters. The topological polar surface area (TPSA) is 75.3 Å². The van der Waals surface area contributed by atoms with Gasteiger partial charge in [-0.05, 0) is 55.2 Å². The first kappa shape index (κ1) is 23.6. The van der Waals surface area contributed by atoms with Crippen molar-refractivity contribution in [1.82, 2.24) is 10.2 Å². The first-order valence-electron chi connectivity index (χ1n) is 10.5. The van der Waals surface area contributed by atoms with Crippen molar-refractivity contribution in [2.24, 2.45) is 0 Å². The molecule has 1 aliphatic heterocycles. The minimum Gasteiger partial charge on any atom is -0.493 e. The summed E-state index contributed by atoms with van der Waals surface area (Å²) >= 11 is 5.32.